The molecule has 0 amide bonds. The average molecular weight is 295 g/mol. The highest BCUT2D eigenvalue weighted by Gasteiger charge is 2.30. The number of benzene rings is 1. The molecule has 4 heteroatoms. The number of hydrogen-bond donors (Lipinski definition) is 0. The van der Waals surface area contributed by atoms with Gasteiger partial charge in [0.15, 0.2) is 0 Å². The Kier molecular flexibility index (Phi) is 3.49. The van der Waals surface area contributed by atoms with E-state index in [1.165, 1.54) is 31.7 Å². The summed E-state index contributed by atoms with van der Waals surface area (Å²) in [6.07, 6.45) is 5.09. The molecule has 2 aromatic rings. The summed E-state index contributed by atoms with van der Waals surface area (Å²) < 4.78 is 15.9. The largest absolute Gasteiger partial charge is 0.326 e. The minimum absolute atomic E-state index is 0.199. The zero-order chi connectivity index (χ0) is 14.3. The highest BCUT2D eigenvalue weighted by molar-refractivity contribution is 6.16. The van der Waals surface area contributed by atoms with Gasteiger partial charge in [-0.25, -0.2) is 9.37 Å². The number of hydrogen-bond acceptors (Lipinski definition) is 1. The highest BCUT2D eigenvalue weighted by atomic mass is 35.5. The number of nitrogens with zero attached hydrogens (tertiary/aromatic N) is 2. The van der Waals surface area contributed by atoms with Gasteiger partial charge in [0.1, 0.15) is 11.6 Å². The lowest BCUT2D eigenvalue weighted by Crippen LogP contribution is -2.20. The molecule has 0 aliphatic heterocycles. The molecule has 2 nitrogen and oxygen atoms in total. The van der Waals surface area contributed by atoms with Crippen LogP contribution in [0.5, 0.6) is 0 Å². The van der Waals surface area contributed by atoms with Gasteiger partial charge < -0.3 is 4.57 Å². The number of rotatable bonds is 3. The van der Waals surface area contributed by atoms with Crippen molar-refractivity contribution in [2.75, 3.05) is 0 Å². The lowest BCUT2D eigenvalue weighted by molar-refractivity contribution is 0.282. The van der Waals surface area contributed by atoms with E-state index in [1.54, 1.807) is 6.92 Å². The van der Waals surface area contributed by atoms with Crippen LogP contribution in [0.2, 0.25) is 0 Å². The maximum atomic E-state index is 13.7. The van der Waals surface area contributed by atoms with Crippen molar-refractivity contribution in [2.45, 2.75) is 52.0 Å². The molecule has 1 aromatic carbocycles. The van der Waals surface area contributed by atoms with Gasteiger partial charge in [-0.1, -0.05) is 19.8 Å². The van der Waals surface area contributed by atoms with E-state index in [2.05, 4.69) is 16.5 Å². The highest BCUT2D eigenvalue weighted by Crippen LogP contribution is 2.40. The summed E-state index contributed by atoms with van der Waals surface area (Å²) in [6.45, 7) is 5.06. The second-order valence-electron chi connectivity index (χ2n) is 6.36. The van der Waals surface area contributed by atoms with Crippen LogP contribution in [0.3, 0.4) is 0 Å². The first kappa shape index (κ1) is 13.9. The van der Waals surface area contributed by atoms with Crippen LogP contribution in [-0.2, 0) is 12.4 Å². The number of aryl methyl sites for hydroxylation is 1. The van der Waals surface area contributed by atoms with Gasteiger partial charge >= 0.3 is 0 Å². The fourth-order valence-electron chi connectivity index (χ4n) is 3.35. The van der Waals surface area contributed by atoms with Gasteiger partial charge in [0.05, 0.1) is 16.9 Å². The quantitative estimate of drug-likeness (QED) is 0.743. The van der Waals surface area contributed by atoms with E-state index in [4.69, 9.17) is 11.6 Å². The molecule has 0 saturated heterocycles. The SMILES string of the molecule is Cc1cc2c(cc1F)nc(CCl)n2CC1(C)CCCC1. The van der Waals surface area contributed by atoms with Crippen molar-refractivity contribution in [3.8, 4) is 0 Å². The topological polar surface area (TPSA) is 17.8 Å². The van der Waals surface area contributed by atoms with Crippen LogP contribution < -0.4 is 0 Å². The molecule has 0 unspecified atom stereocenters. The number of alkyl halides is 1. The smallest absolute Gasteiger partial charge is 0.128 e. The molecule has 1 fully saturated rings. The summed E-state index contributed by atoms with van der Waals surface area (Å²) >= 11 is 6.04. The Labute approximate surface area is 123 Å². The molecular weight excluding hydrogens is 275 g/mol. The zero-order valence-electron chi connectivity index (χ0n) is 12.0. The van der Waals surface area contributed by atoms with Crippen molar-refractivity contribution in [1.82, 2.24) is 9.55 Å². The molecule has 1 saturated carbocycles. The van der Waals surface area contributed by atoms with Crippen molar-refractivity contribution in [3.63, 3.8) is 0 Å². The summed E-state index contributed by atoms with van der Waals surface area (Å²) in [6, 6.07) is 3.42. The summed E-state index contributed by atoms with van der Waals surface area (Å²) in [5.41, 5.74) is 2.70. The van der Waals surface area contributed by atoms with Crippen LogP contribution in [0.4, 0.5) is 4.39 Å². The van der Waals surface area contributed by atoms with Crippen LogP contribution in [-0.4, -0.2) is 9.55 Å². The third kappa shape index (κ3) is 2.32. The van der Waals surface area contributed by atoms with Crippen molar-refractivity contribution in [3.05, 3.63) is 29.3 Å². The van der Waals surface area contributed by atoms with Gasteiger partial charge in [-0.2, -0.15) is 0 Å². The zero-order valence-corrected chi connectivity index (χ0v) is 12.8. The van der Waals surface area contributed by atoms with Gasteiger partial charge in [0.25, 0.3) is 0 Å². The normalized spacial score (nSPS) is 18.0. The van der Waals surface area contributed by atoms with E-state index in [1.807, 2.05) is 6.07 Å². The molecule has 108 valence electrons. The molecule has 3 rings (SSSR count). The average Bonchev–Trinajstić information content (AvgIpc) is 2.96. The van der Waals surface area contributed by atoms with Crippen molar-refractivity contribution in [1.29, 1.82) is 0 Å². The fraction of sp³-hybridized carbons (Fsp3) is 0.562. The molecule has 0 spiro atoms. The van der Waals surface area contributed by atoms with Crippen LogP contribution in [0, 0.1) is 18.2 Å². The summed E-state index contributed by atoms with van der Waals surface area (Å²) in [7, 11) is 0. The molecule has 20 heavy (non-hydrogen) atoms. The van der Waals surface area contributed by atoms with Crippen LogP contribution in [0.15, 0.2) is 12.1 Å². The maximum Gasteiger partial charge on any atom is 0.128 e. The van der Waals surface area contributed by atoms with Crippen LogP contribution >= 0.6 is 11.6 Å². The third-order valence-corrected chi connectivity index (χ3v) is 4.82. The van der Waals surface area contributed by atoms with Crippen LogP contribution in [0.25, 0.3) is 11.0 Å². The molecule has 1 aromatic heterocycles. The summed E-state index contributed by atoms with van der Waals surface area (Å²) in [5, 5.41) is 0. The van der Waals surface area contributed by atoms with E-state index < -0.39 is 0 Å². The standard InChI is InChI=1S/C16H20ClFN2/c1-11-7-14-13(8-12(11)18)19-15(9-17)20(14)10-16(2)5-3-4-6-16/h7-8H,3-6,9-10H2,1-2H3. The van der Waals surface area contributed by atoms with Crippen molar-refractivity contribution >= 4 is 22.6 Å². The van der Waals surface area contributed by atoms with Crippen molar-refractivity contribution < 1.29 is 4.39 Å². The second-order valence-corrected chi connectivity index (χ2v) is 6.62. The van der Waals surface area contributed by atoms with Gasteiger partial charge in [-0.05, 0) is 36.8 Å². The van der Waals surface area contributed by atoms with Crippen molar-refractivity contribution in [2.24, 2.45) is 5.41 Å². The molecule has 1 aliphatic rings. The molecule has 0 radical (unpaired) electrons. The predicted octanol–water partition coefficient (Wildman–Crippen LogP) is 4.80. The van der Waals surface area contributed by atoms with E-state index >= 15 is 0 Å². The number of fused-ring (bicyclic) bond motifs is 1. The molecule has 1 heterocycles. The van der Waals surface area contributed by atoms with Gasteiger partial charge in [0.2, 0.25) is 0 Å². The number of aromatic nitrogens is 2. The second kappa shape index (κ2) is 5.03. The van der Waals surface area contributed by atoms with E-state index in [0.717, 1.165) is 17.9 Å². The molecule has 0 atom stereocenters. The van der Waals surface area contributed by atoms with Gasteiger partial charge in [0, 0.05) is 12.6 Å². The molecular formula is C16H20ClFN2. The first-order chi connectivity index (χ1) is 9.52. The fourth-order valence-corrected chi connectivity index (χ4v) is 3.55. The molecule has 0 bridgehead atoms. The minimum atomic E-state index is -0.199. The maximum absolute atomic E-state index is 13.7. The summed E-state index contributed by atoms with van der Waals surface area (Å²) in [4.78, 5) is 4.50. The Morgan fingerprint density at radius 3 is 2.70 bits per heavy atom. The first-order valence-electron chi connectivity index (χ1n) is 7.24. The Morgan fingerprint density at radius 2 is 2.05 bits per heavy atom. The van der Waals surface area contributed by atoms with E-state index in [9.17, 15) is 4.39 Å². The van der Waals surface area contributed by atoms with Crippen LogP contribution in [0.1, 0.15) is 44.0 Å². The van der Waals surface area contributed by atoms with E-state index in [-0.39, 0.29) is 5.82 Å². The lowest BCUT2D eigenvalue weighted by atomic mass is 9.88. The Balaban J connectivity index is 2.10. The van der Waals surface area contributed by atoms with Gasteiger partial charge in [-0.3, -0.25) is 0 Å². The summed E-state index contributed by atoms with van der Waals surface area (Å²) in [5.74, 6) is 1.01. The first-order valence-corrected chi connectivity index (χ1v) is 7.77. The minimum Gasteiger partial charge on any atom is -0.326 e. The Morgan fingerprint density at radius 1 is 1.35 bits per heavy atom. The predicted molar refractivity (Wildman–Crippen MR) is 80.6 cm³/mol. The van der Waals surface area contributed by atoms with E-state index in [0.29, 0.717) is 22.4 Å². The monoisotopic (exact) mass is 294 g/mol. The Bertz CT molecular complexity index is 641. The van der Waals surface area contributed by atoms with Gasteiger partial charge in [-0.15, -0.1) is 11.6 Å². The molecule has 1 aliphatic carbocycles. The lowest BCUT2D eigenvalue weighted by Gasteiger charge is -2.25. The Hall–Kier alpha value is -1.09. The number of imidazole rings is 1. The molecule has 0 N–H and O–H groups in total. The third-order valence-electron chi connectivity index (χ3n) is 4.58. The number of halogens is 2.